The Morgan fingerprint density at radius 2 is 1.65 bits per heavy atom. The van der Waals surface area contributed by atoms with E-state index in [4.69, 9.17) is 0 Å². The van der Waals surface area contributed by atoms with Crippen molar-refractivity contribution in [2.75, 3.05) is 20.1 Å². The Morgan fingerprint density at radius 3 is 2.06 bits per heavy atom. The highest BCUT2D eigenvalue weighted by Crippen LogP contribution is 2.13. The third kappa shape index (κ3) is 7.77. The Bertz CT molecular complexity index is 196. The van der Waals surface area contributed by atoms with Gasteiger partial charge in [-0.15, -0.1) is 0 Å². The van der Waals surface area contributed by atoms with E-state index in [1.54, 1.807) is 0 Å². The molecule has 0 aliphatic heterocycles. The van der Waals surface area contributed by atoms with Gasteiger partial charge in [-0.25, -0.2) is 0 Å². The first-order valence-corrected chi connectivity index (χ1v) is 7.12. The molecular weight excluding hydrogens is 208 g/mol. The van der Waals surface area contributed by atoms with Gasteiger partial charge >= 0.3 is 0 Å². The minimum Gasteiger partial charge on any atom is -0.312 e. The van der Waals surface area contributed by atoms with Crippen LogP contribution in [0.4, 0.5) is 0 Å². The normalized spacial score (nSPS) is 18.2. The predicted octanol–water partition coefficient (Wildman–Crippen LogP) is 3.38. The summed E-state index contributed by atoms with van der Waals surface area (Å²) in [4.78, 5) is 2.50. The third-order valence-electron chi connectivity index (χ3n) is 3.77. The van der Waals surface area contributed by atoms with Gasteiger partial charge in [0.25, 0.3) is 0 Å². The zero-order chi connectivity index (χ0) is 13.6. The van der Waals surface area contributed by atoms with Crippen molar-refractivity contribution in [2.45, 2.75) is 66.5 Å². The Kier molecular flexibility index (Phi) is 7.34. The fourth-order valence-corrected chi connectivity index (χ4v) is 1.86. The molecule has 104 valence electrons. The summed E-state index contributed by atoms with van der Waals surface area (Å²) in [5, 5.41) is 3.60. The molecule has 3 atom stereocenters. The smallest absolute Gasteiger partial charge is 0.0102 e. The Balaban J connectivity index is 4.06. The van der Waals surface area contributed by atoms with E-state index in [1.165, 1.54) is 13.0 Å². The maximum Gasteiger partial charge on any atom is 0.0102 e. The second-order valence-electron chi connectivity index (χ2n) is 6.80. The average molecular weight is 242 g/mol. The van der Waals surface area contributed by atoms with Crippen LogP contribution in [-0.4, -0.2) is 36.6 Å². The minimum absolute atomic E-state index is 0.225. The third-order valence-corrected chi connectivity index (χ3v) is 3.77. The number of rotatable bonds is 7. The van der Waals surface area contributed by atoms with E-state index >= 15 is 0 Å². The van der Waals surface area contributed by atoms with Gasteiger partial charge in [0.1, 0.15) is 0 Å². The standard InChI is InChI=1S/C15H34N2/c1-9-12(2)11-17(8)14(4)13(3)10-16-15(5,6)7/h12-14,16H,9-11H2,1-8H3. The molecule has 0 fully saturated rings. The molecule has 0 bridgehead atoms. The second kappa shape index (κ2) is 7.38. The fourth-order valence-electron chi connectivity index (χ4n) is 1.86. The molecule has 0 spiro atoms. The van der Waals surface area contributed by atoms with E-state index in [1.807, 2.05) is 0 Å². The molecule has 17 heavy (non-hydrogen) atoms. The highest BCUT2D eigenvalue weighted by atomic mass is 15.1. The van der Waals surface area contributed by atoms with Crippen molar-refractivity contribution in [3.63, 3.8) is 0 Å². The van der Waals surface area contributed by atoms with Gasteiger partial charge in [-0.05, 0) is 53.1 Å². The summed E-state index contributed by atoms with van der Waals surface area (Å²) in [7, 11) is 2.25. The lowest BCUT2D eigenvalue weighted by Crippen LogP contribution is -2.45. The van der Waals surface area contributed by atoms with Crippen LogP contribution in [-0.2, 0) is 0 Å². The van der Waals surface area contributed by atoms with Crippen LogP contribution in [0.3, 0.4) is 0 Å². The summed E-state index contributed by atoms with van der Waals surface area (Å²) in [6, 6.07) is 0.638. The molecule has 0 aliphatic rings. The lowest BCUT2D eigenvalue weighted by Gasteiger charge is -2.33. The van der Waals surface area contributed by atoms with Gasteiger partial charge < -0.3 is 10.2 Å². The zero-order valence-electron chi connectivity index (χ0n) is 13.3. The van der Waals surface area contributed by atoms with Crippen molar-refractivity contribution in [1.82, 2.24) is 10.2 Å². The van der Waals surface area contributed by atoms with E-state index in [9.17, 15) is 0 Å². The summed E-state index contributed by atoms with van der Waals surface area (Å²) in [5.74, 6) is 1.48. The van der Waals surface area contributed by atoms with Crippen LogP contribution in [0.15, 0.2) is 0 Å². The minimum atomic E-state index is 0.225. The van der Waals surface area contributed by atoms with E-state index in [0.717, 1.165) is 12.5 Å². The summed E-state index contributed by atoms with van der Waals surface area (Å²) in [6.45, 7) is 18.3. The molecule has 0 aromatic carbocycles. The van der Waals surface area contributed by atoms with Crippen molar-refractivity contribution in [3.8, 4) is 0 Å². The van der Waals surface area contributed by atoms with Gasteiger partial charge in [-0.2, -0.15) is 0 Å². The molecule has 1 N–H and O–H groups in total. The summed E-state index contributed by atoms with van der Waals surface area (Å²) < 4.78 is 0. The predicted molar refractivity (Wildman–Crippen MR) is 78.5 cm³/mol. The number of nitrogens with zero attached hydrogens (tertiary/aromatic N) is 1. The van der Waals surface area contributed by atoms with Gasteiger partial charge in [0.15, 0.2) is 0 Å². The first-order chi connectivity index (χ1) is 7.67. The van der Waals surface area contributed by atoms with Crippen LogP contribution in [0.25, 0.3) is 0 Å². The first kappa shape index (κ1) is 16.9. The zero-order valence-corrected chi connectivity index (χ0v) is 13.3. The maximum absolute atomic E-state index is 3.60. The van der Waals surface area contributed by atoms with Crippen molar-refractivity contribution >= 4 is 0 Å². The summed E-state index contributed by atoms with van der Waals surface area (Å²) in [6.07, 6.45) is 1.27. The molecular formula is C15H34N2. The Morgan fingerprint density at radius 1 is 1.12 bits per heavy atom. The van der Waals surface area contributed by atoms with E-state index in [-0.39, 0.29) is 5.54 Å². The SMILES string of the molecule is CCC(C)CN(C)C(C)C(C)CNC(C)(C)C. The largest absolute Gasteiger partial charge is 0.312 e. The van der Waals surface area contributed by atoms with E-state index in [0.29, 0.717) is 12.0 Å². The van der Waals surface area contributed by atoms with Gasteiger partial charge in [0, 0.05) is 18.1 Å². The first-order valence-electron chi connectivity index (χ1n) is 7.12. The summed E-state index contributed by atoms with van der Waals surface area (Å²) in [5.41, 5.74) is 0.225. The monoisotopic (exact) mass is 242 g/mol. The summed E-state index contributed by atoms with van der Waals surface area (Å²) >= 11 is 0. The topological polar surface area (TPSA) is 15.3 Å². The van der Waals surface area contributed by atoms with Crippen LogP contribution in [0.2, 0.25) is 0 Å². The van der Waals surface area contributed by atoms with Gasteiger partial charge in [-0.1, -0.05) is 27.2 Å². The molecule has 0 rings (SSSR count). The Labute approximate surface area is 109 Å². The molecule has 0 aromatic rings. The average Bonchev–Trinajstić information content (AvgIpc) is 2.23. The van der Waals surface area contributed by atoms with Gasteiger partial charge in [-0.3, -0.25) is 0 Å². The van der Waals surface area contributed by atoms with Crippen LogP contribution in [0.1, 0.15) is 54.9 Å². The van der Waals surface area contributed by atoms with Crippen molar-refractivity contribution < 1.29 is 0 Å². The quantitative estimate of drug-likeness (QED) is 0.736. The molecule has 0 radical (unpaired) electrons. The van der Waals surface area contributed by atoms with Crippen LogP contribution < -0.4 is 5.32 Å². The van der Waals surface area contributed by atoms with Crippen LogP contribution >= 0.6 is 0 Å². The van der Waals surface area contributed by atoms with E-state index < -0.39 is 0 Å². The van der Waals surface area contributed by atoms with Crippen molar-refractivity contribution in [1.29, 1.82) is 0 Å². The molecule has 0 aromatic heterocycles. The maximum atomic E-state index is 3.60. The molecule has 0 amide bonds. The lowest BCUT2D eigenvalue weighted by molar-refractivity contribution is 0.167. The number of hydrogen-bond donors (Lipinski definition) is 1. The fraction of sp³-hybridized carbons (Fsp3) is 1.00. The lowest BCUT2D eigenvalue weighted by atomic mass is 9.99. The molecule has 0 heterocycles. The highest BCUT2D eigenvalue weighted by molar-refractivity contribution is 4.77. The van der Waals surface area contributed by atoms with Crippen molar-refractivity contribution in [3.05, 3.63) is 0 Å². The number of nitrogens with one attached hydrogen (secondary N) is 1. The molecule has 2 nitrogen and oxygen atoms in total. The van der Waals surface area contributed by atoms with E-state index in [2.05, 4.69) is 65.7 Å². The van der Waals surface area contributed by atoms with Crippen molar-refractivity contribution in [2.24, 2.45) is 11.8 Å². The highest BCUT2D eigenvalue weighted by Gasteiger charge is 2.19. The van der Waals surface area contributed by atoms with Gasteiger partial charge in [0.05, 0.1) is 0 Å². The second-order valence-corrected chi connectivity index (χ2v) is 6.80. The van der Waals surface area contributed by atoms with Gasteiger partial charge in [0.2, 0.25) is 0 Å². The van der Waals surface area contributed by atoms with Crippen LogP contribution in [0.5, 0.6) is 0 Å². The number of hydrogen-bond acceptors (Lipinski definition) is 2. The molecule has 0 aliphatic carbocycles. The molecule has 0 saturated heterocycles. The Hall–Kier alpha value is -0.0800. The molecule has 2 heteroatoms. The van der Waals surface area contributed by atoms with Crippen LogP contribution in [0, 0.1) is 11.8 Å². The molecule has 0 saturated carbocycles. The molecule has 3 unspecified atom stereocenters.